The predicted molar refractivity (Wildman–Crippen MR) is 85.7 cm³/mol. The molecule has 0 aliphatic heterocycles. The molecule has 0 aromatic heterocycles. The molecule has 104 valence electrons. The van der Waals surface area contributed by atoms with Gasteiger partial charge in [0.1, 0.15) is 11.4 Å². The van der Waals surface area contributed by atoms with E-state index in [0.717, 1.165) is 27.6 Å². The minimum Gasteiger partial charge on any atom is -0.505 e. The summed E-state index contributed by atoms with van der Waals surface area (Å²) in [6, 6.07) is 17.4. The van der Waals surface area contributed by atoms with Crippen LogP contribution in [0.3, 0.4) is 0 Å². The van der Waals surface area contributed by atoms with E-state index >= 15 is 0 Å². The monoisotopic (exact) mass is 276 g/mol. The highest BCUT2D eigenvalue weighted by Gasteiger charge is 2.13. The van der Waals surface area contributed by atoms with Crippen molar-refractivity contribution in [2.75, 3.05) is 0 Å². The first-order valence-corrected chi connectivity index (χ1v) is 6.86. The van der Waals surface area contributed by atoms with E-state index in [1.165, 1.54) is 0 Å². The number of aryl methyl sites for hydroxylation is 1. The fourth-order valence-electron chi connectivity index (χ4n) is 2.41. The highest BCUT2D eigenvalue weighted by atomic mass is 16.3. The molecule has 0 aliphatic carbocycles. The van der Waals surface area contributed by atoms with Crippen molar-refractivity contribution in [3.63, 3.8) is 0 Å². The Morgan fingerprint density at radius 3 is 2.05 bits per heavy atom. The van der Waals surface area contributed by atoms with Crippen molar-refractivity contribution in [1.82, 2.24) is 0 Å². The smallest absolute Gasteiger partial charge is 0.146 e. The van der Waals surface area contributed by atoms with Crippen LogP contribution < -0.4 is 0 Å². The minimum absolute atomic E-state index is 0.200. The van der Waals surface area contributed by atoms with Crippen molar-refractivity contribution < 1.29 is 5.11 Å². The van der Waals surface area contributed by atoms with Gasteiger partial charge in [-0.3, -0.25) is 0 Å². The lowest BCUT2D eigenvalue weighted by Gasteiger charge is -2.11. The summed E-state index contributed by atoms with van der Waals surface area (Å²) in [6.07, 6.45) is 0. The standard InChI is InChI=1S/C18H16N2O/c1-12-13(2)18(21)17(16-11-7-6-10-15(12)16)20-19-14-8-4-3-5-9-14/h3-11,21H,1-2H3. The number of benzene rings is 3. The van der Waals surface area contributed by atoms with Crippen molar-refractivity contribution >= 4 is 22.1 Å². The summed E-state index contributed by atoms with van der Waals surface area (Å²) in [4.78, 5) is 0. The van der Waals surface area contributed by atoms with Crippen LogP contribution in [0.1, 0.15) is 11.1 Å². The molecule has 0 heterocycles. The molecule has 0 saturated heterocycles. The first-order valence-electron chi connectivity index (χ1n) is 6.86. The summed E-state index contributed by atoms with van der Waals surface area (Å²) in [5.41, 5.74) is 3.20. The van der Waals surface area contributed by atoms with E-state index in [0.29, 0.717) is 5.69 Å². The van der Waals surface area contributed by atoms with E-state index in [9.17, 15) is 5.11 Å². The van der Waals surface area contributed by atoms with Crippen LogP contribution in [-0.4, -0.2) is 5.11 Å². The molecule has 0 fully saturated rings. The fourth-order valence-corrected chi connectivity index (χ4v) is 2.41. The van der Waals surface area contributed by atoms with E-state index < -0.39 is 0 Å². The summed E-state index contributed by atoms with van der Waals surface area (Å²) in [5, 5.41) is 20.9. The molecular formula is C18H16N2O. The van der Waals surface area contributed by atoms with Gasteiger partial charge in [-0.15, -0.1) is 5.11 Å². The van der Waals surface area contributed by atoms with Gasteiger partial charge in [-0.05, 0) is 42.5 Å². The second kappa shape index (κ2) is 5.37. The predicted octanol–water partition coefficient (Wildman–Crippen LogP) is 5.58. The third-order valence-corrected chi connectivity index (χ3v) is 3.75. The van der Waals surface area contributed by atoms with E-state index in [4.69, 9.17) is 0 Å². The second-order valence-corrected chi connectivity index (χ2v) is 5.03. The van der Waals surface area contributed by atoms with E-state index in [-0.39, 0.29) is 5.75 Å². The molecule has 3 aromatic rings. The van der Waals surface area contributed by atoms with Crippen LogP contribution in [0.2, 0.25) is 0 Å². The van der Waals surface area contributed by atoms with Gasteiger partial charge in [-0.1, -0.05) is 42.5 Å². The normalized spacial score (nSPS) is 11.3. The van der Waals surface area contributed by atoms with E-state index in [1.807, 2.05) is 68.4 Å². The lowest BCUT2D eigenvalue weighted by Crippen LogP contribution is -1.86. The molecule has 0 aliphatic rings. The highest BCUT2D eigenvalue weighted by Crippen LogP contribution is 2.41. The molecule has 3 aromatic carbocycles. The highest BCUT2D eigenvalue weighted by molar-refractivity contribution is 5.98. The number of fused-ring (bicyclic) bond motifs is 1. The van der Waals surface area contributed by atoms with Gasteiger partial charge in [-0.25, -0.2) is 0 Å². The van der Waals surface area contributed by atoms with Gasteiger partial charge in [0.05, 0.1) is 5.69 Å². The summed E-state index contributed by atoms with van der Waals surface area (Å²) in [6.45, 7) is 3.91. The van der Waals surface area contributed by atoms with Crippen molar-refractivity contribution in [3.05, 3.63) is 65.7 Å². The summed E-state index contributed by atoms with van der Waals surface area (Å²) in [5.74, 6) is 0.200. The Balaban J connectivity index is 2.21. The first kappa shape index (κ1) is 13.3. The van der Waals surface area contributed by atoms with E-state index in [1.54, 1.807) is 0 Å². The Morgan fingerprint density at radius 1 is 0.714 bits per heavy atom. The van der Waals surface area contributed by atoms with Gasteiger partial charge in [-0.2, -0.15) is 5.11 Å². The van der Waals surface area contributed by atoms with Crippen LogP contribution in [0.5, 0.6) is 5.75 Å². The maximum Gasteiger partial charge on any atom is 0.146 e. The number of hydrogen-bond acceptors (Lipinski definition) is 3. The molecule has 0 bridgehead atoms. The van der Waals surface area contributed by atoms with Gasteiger partial charge in [0.15, 0.2) is 0 Å². The maximum absolute atomic E-state index is 10.4. The van der Waals surface area contributed by atoms with Gasteiger partial charge < -0.3 is 5.11 Å². The third kappa shape index (κ3) is 2.38. The van der Waals surface area contributed by atoms with Crippen LogP contribution >= 0.6 is 0 Å². The zero-order valence-electron chi connectivity index (χ0n) is 12.0. The average Bonchev–Trinajstić information content (AvgIpc) is 2.54. The molecule has 0 saturated carbocycles. The molecule has 0 radical (unpaired) electrons. The Labute approximate surface area is 123 Å². The number of hydrogen-bond donors (Lipinski definition) is 1. The van der Waals surface area contributed by atoms with Crippen molar-refractivity contribution in [3.8, 4) is 5.75 Å². The molecule has 3 rings (SSSR count). The molecule has 3 heteroatoms. The summed E-state index contributed by atoms with van der Waals surface area (Å²) < 4.78 is 0. The molecule has 1 N–H and O–H groups in total. The Hall–Kier alpha value is -2.68. The first-order chi connectivity index (χ1) is 10.2. The van der Waals surface area contributed by atoms with Crippen LogP contribution in [0, 0.1) is 13.8 Å². The lowest BCUT2D eigenvalue weighted by atomic mass is 9.98. The van der Waals surface area contributed by atoms with Crippen LogP contribution in [-0.2, 0) is 0 Å². The maximum atomic E-state index is 10.4. The van der Waals surface area contributed by atoms with E-state index in [2.05, 4.69) is 10.2 Å². The third-order valence-electron chi connectivity index (χ3n) is 3.75. The molecule has 0 spiro atoms. The minimum atomic E-state index is 0.200. The van der Waals surface area contributed by atoms with Crippen molar-refractivity contribution in [1.29, 1.82) is 0 Å². The number of aromatic hydroxyl groups is 1. The second-order valence-electron chi connectivity index (χ2n) is 5.03. The molecule has 3 nitrogen and oxygen atoms in total. The van der Waals surface area contributed by atoms with Crippen molar-refractivity contribution in [2.45, 2.75) is 13.8 Å². The summed E-state index contributed by atoms with van der Waals surface area (Å²) >= 11 is 0. The zero-order valence-corrected chi connectivity index (χ0v) is 12.0. The fraction of sp³-hybridized carbons (Fsp3) is 0.111. The van der Waals surface area contributed by atoms with Gasteiger partial charge >= 0.3 is 0 Å². The number of phenolic OH excluding ortho intramolecular Hbond substituents is 1. The molecule has 0 unspecified atom stereocenters. The lowest BCUT2D eigenvalue weighted by molar-refractivity contribution is 0.472. The summed E-state index contributed by atoms with van der Waals surface area (Å²) in [7, 11) is 0. The van der Waals surface area contributed by atoms with Gasteiger partial charge in [0.2, 0.25) is 0 Å². The molecule has 21 heavy (non-hydrogen) atoms. The zero-order chi connectivity index (χ0) is 14.8. The van der Waals surface area contributed by atoms with Crippen LogP contribution in [0.4, 0.5) is 11.4 Å². The Morgan fingerprint density at radius 2 is 1.33 bits per heavy atom. The average molecular weight is 276 g/mol. The molecular weight excluding hydrogens is 260 g/mol. The SMILES string of the molecule is Cc1c(O)c(N=Nc2ccccc2)c2ccccc2c1C. The Bertz CT molecular complexity index is 823. The van der Waals surface area contributed by atoms with Crippen LogP contribution in [0.25, 0.3) is 10.8 Å². The Kier molecular flexibility index (Phi) is 3.40. The number of phenols is 1. The molecule has 0 atom stereocenters. The largest absolute Gasteiger partial charge is 0.505 e. The topological polar surface area (TPSA) is 45.0 Å². The number of nitrogens with zero attached hydrogens (tertiary/aromatic N) is 2. The van der Waals surface area contributed by atoms with Crippen LogP contribution in [0.15, 0.2) is 64.8 Å². The number of azo groups is 1. The van der Waals surface area contributed by atoms with Gasteiger partial charge in [0, 0.05) is 5.39 Å². The quantitative estimate of drug-likeness (QED) is 0.610. The van der Waals surface area contributed by atoms with Crippen molar-refractivity contribution in [2.24, 2.45) is 10.2 Å². The van der Waals surface area contributed by atoms with Gasteiger partial charge in [0.25, 0.3) is 0 Å². The molecule has 0 amide bonds. The number of rotatable bonds is 2.